The number of amides is 3. The number of carbonyl (C=O) groups excluding carboxylic acids is 4. The van der Waals surface area contributed by atoms with Crippen LogP contribution < -0.4 is 10.6 Å². The second-order valence-electron chi connectivity index (χ2n) is 9.25. The number of nitrogens with one attached hydrogen (secondary N) is 2. The third kappa shape index (κ3) is 9.57. The highest BCUT2D eigenvalue weighted by Gasteiger charge is 2.36. The van der Waals surface area contributed by atoms with Crippen molar-refractivity contribution in [2.24, 2.45) is 0 Å². The number of alkyl carbamates (subject to hydrolysis) is 1. The molecule has 0 aliphatic heterocycles. The summed E-state index contributed by atoms with van der Waals surface area (Å²) in [4.78, 5) is 52.7. The summed E-state index contributed by atoms with van der Waals surface area (Å²) in [6.45, 7) is 4.07. The lowest BCUT2D eigenvalue weighted by Crippen LogP contribution is -2.54. The number of esters is 1. The molecular formula is C27H35N3O7. The van der Waals surface area contributed by atoms with Crippen LogP contribution in [0.1, 0.15) is 37.9 Å². The zero-order chi connectivity index (χ0) is 27.4. The summed E-state index contributed by atoms with van der Waals surface area (Å²) < 4.78 is 9.96. The number of aliphatic hydroxyl groups excluding tert-OH is 1. The standard InChI is InChI=1S/C27H35N3O7/c1-27(2,3)37-26(35)29-21(17-19-11-7-5-8-12-19)25(34)30(15-16-31)23(20-13-9-6-10-14-20)24(33)28-18-22(32)36-4/h5-14,21,23,31H,15-18H2,1-4H3,(H,28,33)(H,29,35). The molecule has 0 heterocycles. The van der Waals surface area contributed by atoms with E-state index >= 15 is 0 Å². The number of ether oxygens (including phenoxy) is 2. The topological polar surface area (TPSA) is 134 Å². The Morgan fingerprint density at radius 3 is 2.11 bits per heavy atom. The number of nitrogens with zero attached hydrogens (tertiary/aromatic N) is 1. The molecule has 0 bridgehead atoms. The van der Waals surface area contributed by atoms with Gasteiger partial charge in [-0.3, -0.25) is 14.4 Å². The summed E-state index contributed by atoms with van der Waals surface area (Å²) in [6.07, 6.45) is -0.677. The minimum Gasteiger partial charge on any atom is -0.468 e. The first-order valence-electron chi connectivity index (χ1n) is 11.9. The van der Waals surface area contributed by atoms with Gasteiger partial charge in [0.15, 0.2) is 0 Å². The van der Waals surface area contributed by atoms with Crippen molar-refractivity contribution in [2.45, 2.75) is 44.9 Å². The molecule has 0 aliphatic rings. The fourth-order valence-electron chi connectivity index (χ4n) is 3.61. The van der Waals surface area contributed by atoms with E-state index < -0.39 is 54.7 Å². The molecule has 10 heteroatoms. The van der Waals surface area contributed by atoms with Gasteiger partial charge in [0.25, 0.3) is 0 Å². The summed E-state index contributed by atoms with van der Waals surface area (Å²) in [5.41, 5.74) is 0.435. The van der Waals surface area contributed by atoms with Gasteiger partial charge in [0.2, 0.25) is 11.8 Å². The van der Waals surface area contributed by atoms with E-state index in [0.29, 0.717) is 5.56 Å². The highest BCUT2D eigenvalue weighted by atomic mass is 16.6. The van der Waals surface area contributed by atoms with E-state index in [4.69, 9.17) is 4.74 Å². The maximum Gasteiger partial charge on any atom is 0.408 e. The minimum absolute atomic E-state index is 0.117. The van der Waals surface area contributed by atoms with Crippen LogP contribution >= 0.6 is 0 Å². The van der Waals surface area contributed by atoms with E-state index in [1.54, 1.807) is 51.1 Å². The van der Waals surface area contributed by atoms with Crippen molar-refractivity contribution >= 4 is 23.9 Å². The minimum atomic E-state index is -1.19. The first-order valence-corrected chi connectivity index (χ1v) is 11.9. The number of rotatable bonds is 11. The molecule has 2 atom stereocenters. The third-order valence-electron chi connectivity index (χ3n) is 5.21. The van der Waals surface area contributed by atoms with Gasteiger partial charge in [0.1, 0.15) is 24.2 Å². The van der Waals surface area contributed by atoms with Gasteiger partial charge in [-0.1, -0.05) is 60.7 Å². The van der Waals surface area contributed by atoms with Crippen molar-refractivity contribution in [3.63, 3.8) is 0 Å². The van der Waals surface area contributed by atoms with Gasteiger partial charge in [0, 0.05) is 13.0 Å². The molecule has 0 saturated heterocycles. The molecule has 0 aromatic heterocycles. The lowest BCUT2D eigenvalue weighted by Gasteiger charge is -2.34. The fraction of sp³-hybridized carbons (Fsp3) is 0.407. The molecule has 0 radical (unpaired) electrons. The SMILES string of the molecule is COC(=O)CNC(=O)C(c1ccccc1)N(CCO)C(=O)C(Cc1ccccc1)NC(=O)OC(C)(C)C. The second kappa shape index (κ2) is 14.0. The van der Waals surface area contributed by atoms with Gasteiger partial charge in [-0.25, -0.2) is 4.79 Å². The largest absolute Gasteiger partial charge is 0.468 e. The van der Waals surface area contributed by atoms with E-state index in [9.17, 15) is 24.3 Å². The number of methoxy groups -OCH3 is 1. The summed E-state index contributed by atoms with van der Waals surface area (Å²) in [5.74, 6) is -1.91. The number of hydrogen-bond acceptors (Lipinski definition) is 7. The number of benzene rings is 2. The van der Waals surface area contributed by atoms with Gasteiger partial charge >= 0.3 is 12.1 Å². The van der Waals surface area contributed by atoms with Crippen molar-refractivity contribution in [3.05, 3.63) is 71.8 Å². The fourth-order valence-corrected chi connectivity index (χ4v) is 3.61. The highest BCUT2D eigenvalue weighted by molar-refractivity contribution is 5.93. The number of aliphatic hydroxyl groups is 1. The Kier molecular flexibility index (Phi) is 11.1. The Morgan fingerprint density at radius 1 is 0.973 bits per heavy atom. The summed E-state index contributed by atoms with van der Waals surface area (Å²) in [6, 6.07) is 15.3. The predicted molar refractivity (Wildman–Crippen MR) is 136 cm³/mol. The predicted octanol–water partition coefficient (Wildman–Crippen LogP) is 1.97. The zero-order valence-electron chi connectivity index (χ0n) is 21.6. The molecule has 0 aliphatic carbocycles. The van der Waals surface area contributed by atoms with Crippen LogP contribution in [-0.2, 0) is 30.3 Å². The van der Waals surface area contributed by atoms with Crippen LogP contribution in [0.4, 0.5) is 4.79 Å². The molecule has 0 fully saturated rings. The molecule has 3 amide bonds. The first-order chi connectivity index (χ1) is 17.6. The van der Waals surface area contributed by atoms with Crippen LogP contribution in [-0.4, -0.2) is 72.3 Å². The van der Waals surface area contributed by atoms with E-state index in [1.165, 1.54) is 12.0 Å². The van der Waals surface area contributed by atoms with Crippen molar-refractivity contribution in [2.75, 3.05) is 26.8 Å². The third-order valence-corrected chi connectivity index (χ3v) is 5.21. The number of hydrogen-bond donors (Lipinski definition) is 3. The Morgan fingerprint density at radius 2 is 1.57 bits per heavy atom. The maximum absolute atomic E-state index is 13.9. The summed E-state index contributed by atoms with van der Waals surface area (Å²) in [7, 11) is 1.20. The van der Waals surface area contributed by atoms with E-state index in [2.05, 4.69) is 15.4 Å². The average Bonchev–Trinajstić information content (AvgIpc) is 2.86. The second-order valence-corrected chi connectivity index (χ2v) is 9.25. The monoisotopic (exact) mass is 513 g/mol. The van der Waals surface area contributed by atoms with Crippen LogP contribution in [0, 0.1) is 0 Å². The molecule has 0 saturated carbocycles. The molecule has 2 aromatic carbocycles. The summed E-state index contributed by atoms with van der Waals surface area (Å²) in [5, 5.41) is 14.9. The molecule has 0 spiro atoms. The van der Waals surface area contributed by atoms with E-state index in [0.717, 1.165) is 5.56 Å². The lowest BCUT2D eigenvalue weighted by molar-refractivity contribution is -0.145. The van der Waals surface area contributed by atoms with E-state index in [-0.39, 0.29) is 13.0 Å². The quantitative estimate of drug-likeness (QED) is 0.391. The van der Waals surface area contributed by atoms with Gasteiger partial charge in [0.05, 0.1) is 13.7 Å². The van der Waals surface area contributed by atoms with Crippen molar-refractivity contribution in [1.29, 1.82) is 0 Å². The molecule has 200 valence electrons. The molecule has 3 N–H and O–H groups in total. The smallest absolute Gasteiger partial charge is 0.408 e. The normalized spacial score (nSPS) is 12.6. The van der Waals surface area contributed by atoms with Crippen LogP contribution in [0.3, 0.4) is 0 Å². The summed E-state index contributed by atoms with van der Waals surface area (Å²) >= 11 is 0. The van der Waals surface area contributed by atoms with Crippen LogP contribution in [0.5, 0.6) is 0 Å². The van der Waals surface area contributed by atoms with Crippen molar-refractivity contribution < 1.29 is 33.8 Å². The lowest BCUT2D eigenvalue weighted by atomic mass is 10.0. The van der Waals surface area contributed by atoms with Crippen molar-refractivity contribution in [3.8, 4) is 0 Å². The molecule has 2 rings (SSSR count). The molecule has 10 nitrogen and oxygen atoms in total. The highest BCUT2D eigenvalue weighted by Crippen LogP contribution is 2.23. The van der Waals surface area contributed by atoms with Gasteiger partial charge in [-0.15, -0.1) is 0 Å². The van der Waals surface area contributed by atoms with Crippen LogP contribution in [0.2, 0.25) is 0 Å². The van der Waals surface area contributed by atoms with Gasteiger partial charge in [-0.2, -0.15) is 0 Å². The first kappa shape index (κ1) is 29.3. The Hall–Kier alpha value is -3.92. The van der Waals surface area contributed by atoms with Crippen LogP contribution in [0.15, 0.2) is 60.7 Å². The number of carbonyl (C=O) groups is 4. The van der Waals surface area contributed by atoms with E-state index in [1.807, 2.05) is 30.3 Å². The van der Waals surface area contributed by atoms with Gasteiger partial charge in [-0.05, 0) is 31.9 Å². The Balaban J connectivity index is 2.45. The Bertz CT molecular complexity index is 1040. The molecular weight excluding hydrogens is 478 g/mol. The Labute approximate surface area is 216 Å². The van der Waals surface area contributed by atoms with Crippen LogP contribution in [0.25, 0.3) is 0 Å². The molecule has 2 aromatic rings. The zero-order valence-corrected chi connectivity index (χ0v) is 21.6. The molecule has 2 unspecified atom stereocenters. The maximum atomic E-state index is 13.9. The molecule has 37 heavy (non-hydrogen) atoms. The van der Waals surface area contributed by atoms with Crippen molar-refractivity contribution in [1.82, 2.24) is 15.5 Å². The van der Waals surface area contributed by atoms with Gasteiger partial charge < -0.3 is 30.1 Å². The average molecular weight is 514 g/mol.